The predicted molar refractivity (Wildman–Crippen MR) is 141 cm³/mol. The summed E-state index contributed by atoms with van der Waals surface area (Å²) in [4.78, 5) is 22.8. The Bertz CT molecular complexity index is 1170. The van der Waals surface area contributed by atoms with Crippen molar-refractivity contribution < 1.29 is 19.4 Å². The zero-order valence-corrected chi connectivity index (χ0v) is 22.6. The maximum Gasteiger partial charge on any atom is 0.407 e. The highest BCUT2D eigenvalue weighted by molar-refractivity contribution is 6.84. The minimum Gasteiger partial charge on any atom is -0.480 e. The van der Waals surface area contributed by atoms with Gasteiger partial charge in [0.1, 0.15) is 29.3 Å². The highest BCUT2D eigenvalue weighted by Gasteiger charge is 2.30. The van der Waals surface area contributed by atoms with E-state index < -0.39 is 34.8 Å². The minimum absolute atomic E-state index is 0.0985. The van der Waals surface area contributed by atoms with E-state index in [-0.39, 0.29) is 12.5 Å². The van der Waals surface area contributed by atoms with E-state index >= 15 is 0 Å². The molecule has 7 heteroatoms. The average molecular weight is 490 g/mol. The van der Waals surface area contributed by atoms with Gasteiger partial charge in [0.15, 0.2) is 0 Å². The Hall–Kier alpha value is -3.27. The number of hydrogen-bond donors (Lipinski definition) is 2. The number of ether oxygens (including phenoxy) is 1. The highest BCUT2D eigenvalue weighted by Crippen LogP contribution is 2.45. The Morgan fingerprint density at radius 2 is 1.35 bits per heavy atom. The third-order valence-corrected chi connectivity index (χ3v) is 6.82. The van der Waals surface area contributed by atoms with Crippen molar-refractivity contribution in [1.29, 1.82) is 0 Å². The molecule has 0 bridgehead atoms. The van der Waals surface area contributed by atoms with Crippen molar-refractivity contribution >= 4 is 28.2 Å². The van der Waals surface area contributed by atoms with Crippen molar-refractivity contribution in [2.75, 3.05) is 13.2 Å². The van der Waals surface area contributed by atoms with Gasteiger partial charge in [0.2, 0.25) is 0 Å². The van der Waals surface area contributed by atoms with Gasteiger partial charge >= 0.3 is 12.1 Å². The number of nitrogens with one attached hydrogen (secondary N) is 1. The number of fused-ring (bicyclic) bond motifs is 3. The van der Waals surface area contributed by atoms with Crippen molar-refractivity contribution in [2.24, 2.45) is 0 Å². The molecule has 176 valence electrons. The Labute approximate surface area is 203 Å². The first-order valence-electron chi connectivity index (χ1n) is 11.3. The van der Waals surface area contributed by atoms with E-state index in [0.29, 0.717) is 0 Å². The fraction of sp³-hybridized carbons (Fsp3) is 0.333. The number of carbonyl (C=O) groups excluding carboxylic acids is 1. The molecule has 0 aromatic heterocycles. The summed E-state index contributed by atoms with van der Waals surface area (Å²) in [6, 6.07) is 12.4. The molecule has 2 aromatic carbocycles. The number of carbonyl (C=O) groups is 2. The van der Waals surface area contributed by atoms with Crippen molar-refractivity contribution in [1.82, 2.24) is 5.32 Å². The summed E-state index contributed by atoms with van der Waals surface area (Å²) in [5.41, 5.74) is 13.0. The second-order valence-corrected chi connectivity index (χ2v) is 20.0. The lowest BCUT2D eigenvalue weighted by Crippen LogP contribution is -2.30. The Morgan fingerprint density at radius 1 is 0.882 bits per heavy atom. The van der Waals surface area contributed by atoms with Gasteiger partial charge in [-0.1, -0.05) is 63.3 Å². The van der Waals surface area contributed by atoms with E-state index in [4.69, 9.17) is 9.84 Å². The molecule has 3 rings (SSSR count). The first-order valence-corrected chi connectivity index (χ1v) is 18.3. The van der Waals surface area contributed by atoms with Crippen LogP contribution in [0.3, 0.4) is 0 Å². The van der Waals surface area contributed by atoms with E-state index in [9.17, 15) is 9.59 Å². The zero-order chi connectivity index (χ0) is 25.1. The lowest BCUT2D eigenvalue weighted by Gasteiger charge is -2.15. The van der Waals surface area contributed by atoms with Crippen molar-refractivity contribution in [2.45, 2.75) is 45.2 Å². The van der Waals surface area contributed by atoms with Crippen LogP contribution in [0.4, 0.5) is 4.79 Å². The number of amides is 1. The largest absolute Gasteiger partial charge is 0.480 e. The van der Waals surface area contributed by atoms with Gasteiger partial charge in [0, 0.05) is 17.0 Å². The zero-order valence-electron chi connectivity index (χ0n) is 20.6. The van der Waals surface area contributed by atoms with Gasteiger partial charge in [-0.25, -0.2) is 4.79 Å². The third-order valence-electron chi connectivity index (χ3n) is 5.07. The quantitative estimate of drug-likeness (QED) is 0.465. The van der Waals surface area contributed by atoms with Crippen LogP contribution < -0.4 is 5.32 Å². The van der Waals surface area contributed by atoms with Gasteiger partial charge in [0.25, 0.3) is 0 Å². The highest BCUT2D eigenvalue weighted by atomic mass is 28.3. The molecule has 0 atom stereocenters. The van der Waals surface area contributed by atoms with E-state index in [1.807, 2.05) is 12.1 Å². The Balaban J connectivity index is 1.98. The number of alkyl carbamates (subject to hydrolysis) is 1. The Morgan fingerprint density at radius 3 is 1.76 bits per heavy atom. The Kier molecular flexibility index (Phi) is 7.40. The molecule has 2 aromatic rings. The molecule has 1 aliphatic carbocycles. The molecule has 0 fully saturated rings. The van der Waals surface area contributed by atoms with Gasteiger partial charge in [-0.3, -0.25) is 4.79 Å². The van der Waals surface area contributed by atoms with Crippen molar-refractivity contribution in [3.05, 3.63) is 58.7 Å². The SMILES string of the molecule is C[Si](C)(C)C#Cc1ccc2c(c1)C(COC(=O)NCC(=O)O)c1cc(C#C[Si](C)(C)C)ccc1-2. The van der Waals surface area contributed by atoms with E-state index in [0.717, 1.165) is 33.4 Å². The van der Waals surface area contributed by atoms with Crippen LogP contribution >= 0.6 is 0 Å². The number of rotatable bonds is 4. The molecular formula is C27H31NO4Si2. The summed E-state index contributed by atoms with van der Waals surface area (Å²) < 4.78 is 5.43. The summed E-state index contributed by atoms with van der Waals surface area (Å²) in [6.45, 7) is 12.9. The molecule has 34 heavy (non-hydrogen) atoms. The van der Waals surface area contributed by atoms with Gasteiger partial charge in [-0.05, 0) is 46.5 Å². The van der Waals surface area contributed by atoms with Crippen molar-refractivity contribution in [3.8, 4) is 34.1 Å². The molecular weight excluding hydrogens is 458 g/mol. The molecule has 0 radical (unpaired) electrons. The maximum atomic E-state index is 12.1. The van der Waals surface area contributed by atoms with Crippen LogP contribution in [0.15, 0.2) is 36.4 Å². The van der Waals surface area contributed by atoms with E-state index in [2.05, 4.69) is 91.8 Å². The third kappa shape index (κ3) is 6.87. The van der Waals surface area contributed by atoms with E-state index in [1.54, 1.807) is 0 Å². The van der Waals surface area contributed by atoms with Crippen LogP contribution in [0.5, 0.6) is 0 Å². The number of hydrogen-bond acceptors (Lipinski definition) is 3. The summed E-state index contributed by atoms with van der Waals surface area (Å²) in [6.07, 6.45) is -0.748. The first-order chi connectivity index (χ1) is 15.8. The molecule has 0 spiro atoms. The number of carboxylic acids is 1. The van der Waals surface area contributed by atoms with Crippen molar-refractivity contribution in [3.63, 3.8) is 0 Å². The monoisotopic (exact) mass is 489 g/mol. The second-order valence-electron chi connectivity index (χ2n) is 10.5. The molecule has 1 aliphatic rings. The predicted octanol–water partition coefficient (Wildman–Crippen LogP) is 5.07. The summed E-state index contributed by atoms with van der Waals surface area (Å²) in [5.74, 6) is 5.33. The molecule has 0 saturated heterocycles. The van der Waals surface area contributed by atoms with Crippen LogP contribution in [0.1, 0.15) is 28.2 Å². The van der Waals surface area contributed by atoms with Gasteiger partial charge in [-0.2, -0.15) is 0 Å². The van der Waals surface area contributed by atoms with Gasteiger partial charge < -0.3 is 15.2 Å². The molecule has 0 saturated carbocycles. The molecule has 1 amide bonds. The maximum absolute atomic E-state index is 12.1. The lowest BCUT2D eigenvalue weighted by molar-refractivity contribution is -0.135. The molecule has 0 unspecified atom stereocenters. The number of carboxylic acid groups (broad SMARTS) is 1. The molecule has 0 heterocycles. The van der Waals surface area contributed by atoms with Gasteiger partial charge in [0.05, 0.1) is 0 Å². The lowest BCUT2D eigenvalue weighted by atomic mass is 9.96. The molecule has 0 aliphatic heterocycles. The normalized spacial score (nSPS) is 12.4. The van der Waals surface area contributed by atoms with Crippen LogP contribution in [0.2, 0.25) is 39.3 Å². The first kappa shape index (κ1) is 25.4. The summed E-state index contributed by atoms with van der Waals surface area (Å²) in [5, 5.41) is 11.0. The molecule has 2 N–H and O–H groups in total. The topological polar surface area (TPSA) is 75.6 Å². The van der Waals surface area contributed by atoms with Crippen LogP contribution in [-0.4, -0.2) is 46.5 Å². The summed E-state index contributed by atoms with van der Waals surface area (Å²) >= 11 is 0. The van der Waals surface area contributed by atoms with Crippen LogP contribution in [0, 0.1) is 22.9 Å². The fourth-order valence-electron chi connectivity index (χ4n) is 3.57. The van der Waals surface area contributed by atoms with Crippen LogP contribution in [-0.2, 0) is 9.53 Å². The number of aliphatic carboxylic acids is 1. The minimum atomic E-state index is -1.53. The smallest absolute Gasteiger partial charge is 0.407 e. The average Bonchev–Trinajstić information content (AvgIpc) is 3.04. The summed E-state index contributed by atoms with van der Waals surface area (Å²) in [7, 11) is -3.05. The standard InChI is InChI=1S/C27H31NO4Si2/c1-33(2,3)13-11-19-7-9-21-22-10-8-20(12-14-34(4,5)6)16-24(22)25(23(21)15-19)18-32-27(31)28-17-26(29)30/h7-10,15-16,25H,17-18H2,1-6H3,(H,28,31)(H,29,30). The van der Waals surface area contributed by atoms with Crippen LogP contribution in [0.25, 0.3) is 11.1 Å². The van der Waals surface area contributed by atoms with Gasteiger partial charge in [-0.15, -0.1) is 11.1 Å². The number of benzene rings is 2. The molecule has 5 nitrogen and oxygen atoms in total. The fourth-order valence-corrected chi connectivity index (χ4v) is 4.61. The second kappa shape index (κ2) is 9.93. The van der Waals surface area contributed by atoms with E-state index in [1.165, 1.54) is 0 Å².